The van der Waals surface area contributed by atoms with Gasteiger partial charge in [0.15, 0.2) is 0 Å². The van der Waals surface area contributed by atoms with Gasteiger partial charge in [-0.15, -0.1) is 0 Å². The van der Waals surface area contributed by atoms with E-state index in [2.05, 4.69) is 26.3 Å². The molecular weight excluding hydrogens is 476 g/mol. The van der Waals surface area contributed by atoms with E-state index in [1.54, 1.807) is 35.0 Å². The number of hydrogen-bond acceptors (Lipinski definition) is 5. The Labute approximate surface area is 192 Å². The summed E-state index contributed by atoms with van der Waals surface area (Å²) in [5.74, 6) is -0.571. The normalized spacial score (nSPS) is 19.8. The SMILES string of the molecule is Cc1cc(NC(=O)C2CCC(=O)N2C2OC(=O)c3ccccc32)n(-c2ccc(Br)cc2)n1. The Morgan fingerprint density at radius 3 is 2.69 bits per heavy atom. The molecule has 2 aliphatic heterocycles. The van der Waals surface area contributed by atoms with Gasteiger partial charge in [0.05, 0.1) is 16.9 Å². The van der Waals surface area contributed by atoms with Crippen LogP contribution < -0.4 is 5.32 Å². The van der Waals surface area contributed by atoms with Gasteiger partial charge in [-0.1, -0.05) is 34.1 Å². The van der Waals surface area contributed by atoms with Crippen LogP contribution in [0.1, 0.15) is 40.7 Å². The second-order valence-electron chi connectivity index (χ2n) is 7.75. The van der Waals surface area contributed by atoms with Gasteiger partial charge in [-0.3, -0.25) is 14.5 Å². The van der Waals surface area contributed by atoms with Crippen LogP contribution in [0.15, 0.2) is 59.1 Å². The Bertz CT molecular complexity index is 1240. The zero-order valence-electron chi connectivity index (χ0n) is 17.1. The molecule has 0 radical (unpaired) electrons. The summed E-state index contributed by atoms with van der Waals surface area (Å²) in [5, 5.41) is 7.39. The van der Waals surface area contributed by atoms with E-state index >= 15 is 0 Å². The first-order valence-electron chi connectivity index (χ1n) is 10.2. The van der Waals surface area contributed by atoms with Gasteiger partial charge < -0.3 is 10.1 Å². The molecular formula is C23H19BrN4O4. The Balaban J connectivity index is 1.42. The number of halogens is 1. The monoisotopic (exact) mass is 494 g/mol. The molecule has 5 rings (SSSR count). The molecule has 32 heavy (non-hydrogen) atoms. The number of ether oxygens (including phenoxy) is 1. The zero-order valence-corrected chi connectivity index (χ0v) is 18.7. The van der Waals surface area contributed by atoms with E-state index in [1.165, 1.54) is 4.90 Å². The molecule has 3 aromatic rings. The van der Waals surface area contributed by atoms with Gasteiger partial charge >= 0.3 is 5.97 Å². The third-order valence-electron chi connectivity index (χ3n) is 5.63. The van der Waals surface area contributed by atoms with Gasteiger partial charge in [0.1, 0.15) is 11.9 Å². The van der Waals surface area contributed by atoms with Crippen molar-refractivity contribution in [2.45, 2.75) is 32.0 Å². The molecule has 9 heteroatoms. The van der Waals surface area contributed by atoms with Gasteiger partial charge in [0.25, 0.3) is 0 Å². The maximum atomic E-state index is 13.3. The average Bonchev–Trinajstić information content (AvgIpc) is 3.44. The number of hydrogen-bond donors (Lipinski definition) is 1. The highest BCUT2D eigenvalue weighted by Gasteiger charge is 2.46. The molecule has 2 aliphatic rings. The number of aryl methyl sites for hydroxylation is 1. The summed E-state index contributed by atoms with van der Waals surface area (Å²) in [6.45, 7) is 1.84. The predicted octanol–water partition coefficient (Wildman–Crippen LogP) is 3.74. The first-order valence-corrected chi connectivity index (χ1v) is 11.0. The molecule has 2 aromatic carbocycles. The van der Waals surface area contributed by atoms with Crippen LogP contribution in [0.25, 0.3) is 5.69 Å². The fourth-order valence-corrected chi connectivity index (χ4v) is 4.43. The van der Waals surface area contributed by atoms with Crippen molar-refractivity contribution < 1.29 is 19.1 Å². The Kier molecular flexibility index (Phi) is 5.05. The maximum absolute atomic E-state index is 13.3. The maximum Gasteiger partial charge on any atom is 0.340 e. The van der Waals surface area contributed by atoms with E-state index in [0.717, 1.165) is 15.9 Å². The van der Waals surface area contributed by atoms with Crippen LogP contribution in [0, 0.1) is 6.92 Å². The molecule has 0 aliphatic carbocycles. The van der Waals surface area contributed by atoms with Crippen LogP contribution in [-0.4, -0.2) is 38.5 Å². The lowest BCUT2D eigenvalue weighted by molar-refractivity contribution is -0.144. The molecule has 1 N–H and O–H groups in total. The van der Waals surface area contributed by atoms with Gasteiger partial charge in [-0.2, -0.15) is 5.10 Å². The number of carbonyl (C=O) groups excluding carboxylic acids is 3. The third-order valence-corrected chi connectivity index (χ3v) is 6.16. The molecule has 3 heterocycles. The van der Waals surface area contributed by atoms with Crippen LogP contribution >= 0.6 is 15.9 Å². The highest BCUT2D eigenvalue weighted by molar-refractivity contribution is 9.10. The van der Waals surface area contributed by atoms with Crippen LogP contribution in [0.4, 0.5) is 5.82 Å². The van der Waals surface area contributed by atoms with E-state index in [4.69, 9.17) is 4.74 Å². The number of likely N-dealkylation sites (tertiary alicyclic amines) is 1. The molecule has 2 unspecified atom stereocenters. The summed E-state index contributed by atoms with van der Waals surface area (Å²) >= 11 is 3.41. The number of anilines is 1. The summed E-state index contributed by atoms with van der Waals surface area (Å²) in [4.78, 5) is 39.6. The molecule has 1 fully saturated rings. The molecule has 2 amide bonds. The summed E-state index contributed by atoms with van der Waals surface area (Å²) in [6.07, 6.45) is -0.353. The Morgan fingerprint density at radius 1 is 1.16 bits per heavy atom. The van der Waals surface area contributed by atoms with Crippen molar-refractivity contribution in [3.05, 3.63) is 75.9 Å². The summed E-state index contributed by atoms with van der Waals surface area (Å²) in [6, 6.07) is 15.5. The van der Waals surface area contributed by atoms with E-state index in [-0.39, 0.29) is 18.2 Å². The number of nitrogens with one attached hydrogen (secondary N) is 1. The van der Waals surface area contributed by atoms with Gasteiger partial charge in [0, 0.05) is 22.5 Å². The lowest BCUT2D eigenvalue weighted by Gasteiger charge is -2.29. The first-order chi connectivity index (χ1) is 15.4. The number of benzene rings is 2. The molecule has 8 nitrogen and oxygen atoms in total. The van der Waals surface area contributed by atoms with Crippen molar-refractivity contribution in [2.24, 2.45) is 0 Å². The van der Waals surface area contributed by atoms with Crippen LogP contribution in [0.3, 0.4) is 0 Å². The number of carbonyl (C=O) groups is 3. The number of aromatic nitrogens is 2. The fraction of sp³-hybridized carbons (Fsp3) is 0.217. The van der Waals surface area contributed by atoms with E-state index in [0.29, 0.717) is 23.4 Å². The molecule has 162 valence electrons. The largest absolute Gasteiger partial charge is 0.433 e. The number of rotatable bonds is 4. The van der Waals surface area contributed by atoms with Crippen LogP contribution in [0.2, 0.25) is 0 Å². The second kappa shape index (κ2) is 7.90. The van der Waals surface area contributed by atoms with Gasteiger partial charge in [-0.25, -0.2) is 9.48 Å². The lowest BCUT2D eigenvalue weighted by Crippen LogP contribution is -2.44. The van der Waals surface area contributed by atoms with Gasteiger partial charge in [0.2, 0.25) is 18.0 Å². The van der Waals surface area contributed by atoms with Crippen LogP contribution in [0.5, 0.6) is 0 Å². The number of fused-ring (bicyclic) bond motifs is 1. The first kappa shape index (κ1) is 20.4. The smallest absolute Gasteiger partial charge is 0.340 e. The van der Waals surface area contributed by atoms with Gasteiger partial charge in [-0.05, 0) is 43.7 Å². The molecule has 2 atom stereocenters. The minimum atomic E-state index is -0.900. The van der Waals surface area contributed by atoms with Crippen molar-refractivity contribution in [3.63, 3.8) is 0 Å². The average molecular weight is 495 g/mol. The fourth-order valence-electron chi connectivity index (χ4n) is 4.16. The molecule has 0 bridgehead atoms. The van der Waals surface area contributed by atoms with Crippen molar-refractivity contribution in [1.29, 1.82) is 0 Å². The molecule has 0 spiro atoms. The molecule has 1 saturated heterocycles. The topological polar surface area (TPSA) is 93.5 Å². The summed E-state index contributed by atoms with van der Waals surface area (Å²) in [5.41, 5.74) is 2.54. The van der Waals surface area contributed by atoms with Crippen molar-refractivity contribution >= 4 is 39.5 Å². The summed E-state index contributed by atoms with van der Waals surface area (Å²) in [7, 11) is 0. The molecule has 0 saturated carbocycles. The van der Waals surface area contributed by atoms with Crippen LogP contribution in [-0.2, 0) is 14.3 Å². The predicted molar refractivity (Wildman–Crippen MR) is 119 cm³/mol. The number of nitrogens with zero attached hydrogens (tertiary/aromatic N) is 3. The Hall–Kier alpha value is -3.46. The number of amides is 2. The number of esters is 1. The quantitative estimate of drug-likeness (QED) is 0.557. The second-order valence-corrected chi connectivity index (χ2v) is 8.66. The highest BCUT2D eigenvalue weighted by atomic mass is 79.9. The number of cyclic esters (lactones) is 1. The van der Waals surface area contributed by atoms with Crippen molar-refractivity contribution in [3.8, 4) is 5.69 Å². The van der Waals surface area contributed by atoms with E-state index in [1.807, 2.05) is 31.2 Å². The molecule has 1 aromatic heterocycles. The van der Waals surface area contributed by atoms with E-state index in [9.17, 15) is 14.4 Å². The third kappa shape index (κ3) is 3.48. The van der Waals surface area contributed by atoms with Crippen molar-refractivity contribution in [2.75, 3.05) is 5.32 Å². The van der Waals surface area contributed by atoms with E-state index < -0.39 is 18.2 Å². The lowest BCUT2D eigenvalue weighted by atomic mass is 10.1. The highest BCUT2D eigenvalue weighted by Crippen LogP contribution is 2.38. The zero-order chi connectivity index (χ0) is 22.4. The minimum Gasteiger partial charge on any atom is -0.433 e. The minimum absolute atomic E-state index is 0.208. The summed E-state index contributed by atoms with van der Waals surface area (Å²) < 4.78 is 8.07. The standard InChI is InChI=1S/C23H19BrN4O4/c1-13-12-19(28(26-13)15-8-6-14(24)7-9-15)25-21(30)18-10-11-20(29)27(18)22-16-4-2-3-5-17(16)23(31)32-22/h2-9,12,18,22H,10-11H2,1H3,(H,25,30). The van der Waals surface area contributed by atoms with Crippen molar-refractivity contribution in [1.82, 2.24) is 14.7 Å². The Morgan fingerprint density at radius 2 is 1.91 bits per heavy atom.